The van der Waals surface area contributed by atoms with Gasteiger partial charge in [-0.3, -0.25) is 4.79 Å². The highest BCUT2D eigenvalue weighted by molar-refractivity contribution is 7.14. The molecule has 8 heteroatoms. The van der Waals surface area contributed by atoms with E-state index in [1.807, 2.05) is 34.3 Å². The van der Waals surface area contributed by atoms with Crippen molar-refractivity contribution in [3.8, 4) is 22.1 Å². The van der Waals surface area contributed by atoms with Gasteiger partial charge in [-0.05, 0) is 42.0 Å². The lowest BCUT2D eigenvalue weighted by molar-refractivity contribution is 0.0486. The topological polar surface area (TPSA) is 69.7 Å². The maximum absolute atomic E-state index is 12.8. The molecular weight excluding hydrogens is 408 g/mol. The summed E-state index contributed by atoms with van der Waals surface area (Å²) in [7, 11) is 0. The van der Waals surface area contributed by atoms with Crippen LogP contribution in [0.15, 0.2) is 40.4 Å². The van der Waals surface area contributed by atoms with Crippen molar-refractivity contribution in [2.75, 3.05) is 26.6 Å². The van der Waals surface area contributed by atoms with Crippen molar-refractivity contribution in [3.63, 3.8) is 0 Å². The monoisotopic (exact) mass is 428 g/mol. The Bertz CT molecular complexity index is 1010. The number of nitrogens with zero attached hydrogens (tertiary/aromatic N) is 1. The van der Waals surface area contributed by atoms with Gasteiger partial charge in [-0.25, -0.2) is 4.98 Å². The van der Waals surface area contributed by atoms with Crippen LogP contribution in [0, 0.1) is 0 Å². The number of carbonyl (C=O) groups is 1. The molecule has 0 aliphatic carbocycles. The van der Waals surface area contributed by atoms with E-state index in [0.717, 1.165) is 40.5 Å². The molecule has 0 atom stereocenters. The van der Waals surface area contributed by atoms with Crippen LogP contribution >= 0.6 is 22.7 Å². The second-order valence-electron chi connectivity index (χ2n) is 7.19. The highest BCUT2D eigenvalue weighted by Crippen LogP contribution is 2.40. The highest BCUT2D eigenvalue weighted by atomic mass is 32.1. The predicted molar refractivity (Wildman–Crippen MR) is 112 cm³/mol. The number of rotatable bonds is 5. The number of ether oxygens (including phenoxy) is 3. The van der Waals surface area contributed by atoms with Gasteiger partial charge in [0.2, 0.25) is 6.79 Å². The zero-order valence-electron chi connectivity index (χ0n) is 15.7. The summed E-state index contributed by atoms with van der Waals surface area (Å²) in [4.78, 5) is 17.3. The third-order valence-corrected chi connectivity index (χ3v) is 7.10. The van der Waals surface area contributed by atoms with Crippen LogP contribution in [0.25, 0.3) is 10.6 Å². The molecule has 2 aromatic heterocycles. The standard InChI is InChI=1S/C21H20N2O4S2/c24-19(16-11-29-20(23-16)14-3-8-28-10-14)22-12-21(4-6-25-7-5-21)15-1-2-17-18(9-15)27-13-26-17/h1-3,8-11H,4-7,12-13H2,(H,22,24). The first-order chi connectivity index (χ1) is 14.2. The molecule has 4 heterocycles. The molecule has 0 bridgehead atoms. The summed E-state index contributed by atoms with van der Waals surface area (Å²) >= 11 is 3.11. The van der Waals surface area contributed by atoms with Crippen LogP contribution in [0.1, 0.15) is 28.9 Å². The Morgan fingerprint density at radius 3 is 2.83 bits per heavy atom. The number of nitrogens with one attached hydrogen (secondary N) is 1. The Balaban J connectivity index is 1.34. The van der Waals surface area contributed by atoms with E-state index in [1.165, 1.54) is 11.3 Å². The maximum atomic E-state index is 12.8. The fourth-order valence-corrected chi connectivity index (χ4v) is 5.31. The molecule has 6 nitrogen and oxygen atoms in total. The molecule has 2 aliphatic heterocycles. The second kappa shape index (κ2) is 7.78. The largest absolute Gasteiger partial charge is 0.454 e. The molecule has 1 saturated heterocycles. The molecule has 150 valence electrons. The number of carbonyl (C=O) groups excluding carboxylic acids is 1. The fourth-order valence-electron chi connectivity index (χ4n) is 3.79. The number of fused-ring (bicyclic) bond motifs is 1. The predicted octanol–water partition coefficient (Wildman–Crippen LogP) is 4.08. The van der Waals surface area contributed by atoms with Crippen molar-refractivity contribution in [1.82, 2.24) is 10.3 Å². The molecule has 1 N–H and O–H groups in total. The molecule has 29 heavy (non-hydrogen) atoms. The van der Waals surface area contributed by atoms with Gasteiger partial charge < -0.3 is 19.5 Å². The number of aromatic nitrogens is 1. The quantitative estimate of drug-likeness (QED) is 0.663. The molecule has 0 radical (unpaired) electrons. The van der Waals surface area contributed by atoms with Crippen LogP contribution in [-0.2, 0) is 10.2 Å². The van der Waals surface area contributed by atoms with E-state index in [4.69, 9.17) is 14.2 Å². The molecule has 0 spiro atoms. The molecule has 5 rings (SSSR count). The van der Waals surface area contributed by atoms with Crippen LogP contribution in [0.2, 0.25) is 0 Å². The number of thiazole rings is 1. The van der Waals surface area contributed by atoms with Crippen LogP contribution in [0.4, 0.5) is 0 Å². The SMILES string of the molecule is O=C(NCC1(c2ccc3c(c2)OCO3)CCOCC1)c1csc(-c2ccsc2)n1. The summed E-state index contributed by atoms with van der Waals surface area (Å²) in [6.45, 7) is 2.12. The van der Waals surface area contributed by atoms with Crippen LogP contribution < -0.4 is 14.8 Å². The van der Waals surface area contributed by atoms with Crippen LogP contribution in [0.3, 0.4) is 0 Å². The first kappa shape index (κ1) is 18.6. The van der Waals surface area contributed by atoms with E-state index < -0.39 is 0 Å². The number of hydrogen-bond acceptors (Lipinski definition) is 7. The van der Waals surface area contributed by atoms with E-state index >= 15 is 0 Å². The average molecular weight is 429 g/mol. The summed E-state index contributed by atoms with van der Waals surface area (Å²) in [5.74, 6) is 1.39. The van der Waals surface area contributed by atoms with Crippen molar-refractivity contribution in [1.29, 1.82) is 0 Å². The number of thiophene rings is 1. The number of amides is 1. The van der Waals surface area contributed by atoms with Crippen molar-refractivity contribution in [2.45, 2.75) is 18.3 Å². The summed E-state index contributed by atoms with van der Waals surface area (Å²) in [6, 6.07) is 8.08. The Morgan fingerprint density at radius 1 is 1.14 bits per heavy atom. The molecule has 1 fully saturated rings. The molecule has 3 aromatic rings. The first-order valence-electron chi connectivity index (χ1n) is 9.48. The van der Waals surface area contributed by atoms with Gasteiger partial charge >= 0.3 is 0 Å². The van der Waals surface area contributed by atoms with Crippen LogP contribution in [0.5, 0.6) is 11.5 Å². The summed E-state index contributed by atoms with van der Waals surface area (Å²) in [6.07, 6.45) is 1.67. The van der Waals surface area contributed by atoms with Gasteiger partial charge in [-0.1, -0.05) is 6.07 Å². The minimum atomic E-state index is -0.193. The average Bonchev–Trinajstić information content (AvgIpc) is 3.53. The first-order valence-corrected chi connectivity index (χ1v) is 11.3. The molecule has 1 amide bonds. The lowest BCUT2D eigenvalue weighted by Gasteiger charge is -2.38. The van der Waals surface area contributed by atoms with Gasteiger partial charge in [0, 0.05) is 41.5 Å². The van der Waals surface area contributed by atoms with E-state index in [9.17, 15) is 4.79 Å². The lowest BCUT2D eigenvalue weighted by Crippen LogP contribution is -2.44. The highest BCUT2D eigenvalue weighted by Gasteiger charge is 2.36. The Morgan fingerprint density at radius 2 is 2.00 bits per heavy atom. The number of hydrogen-bond donors (Lipinski definition) is 1. The summed E-state index contributed by atoms with van der Waals surface area (Å²) < 4.78 is 16.6. The second-order valence-corrected chi connectivity index (χ2v) is 8.83. The van der Waals surface area contributed by atoms with Crippen LogP contribution in [-0.4, -0.2) is 37.4 Å². The fraction of sp³-hybridized carbons (Fsp3) is 0.333. The zero-order chi connectivity index (χ0) is 19.7. The van der Waals surface area contributed by atoms with Gasteiger partial charge in [-0.15, -0.1) is 11.3 Å². The third-order valence-electron chi connectivity index (χ3n) is 5.53. The van der Waals surface area contributed by atoms with E-state index in [0.29, 0.717) is 25.5 Å². The van der Waals surface area contributed by atoms with Gasteiger partial charge in [0.25, 0.3) is 5.91 Å². The number of benzene rings is 1. The van der Waals surface area contributed by atoms with Gasteiger partial charge in [0.1, 0.15) is 10.7 Å². The Labute approximate surface area is 176 Å². The summed E-state index contributed by atoms with van der Waals surface area (Å²) in [5, 5.41) is 9.85. The van der Waals surface area contributed by atoms with E-state index in [2.05, 4.69) is 16.4 Å². The maximum Gasteiger partial charge on any atom is 0.270 e. The van der Waals surface area contributed by atoms with Gasteiger partial charge in [0.05, 0.1) is 0 Å². The molecule has 0 unspecified atom stereocenters. The van der Waals surface area contributed by atoms with Gasteiger partial charge in [0.15, 0.2) is 11.5 Å². The van der Waals surface area contributed by atoms with Crippen molar-refractivity contribution in [3.05, 3.63) is 51.7 Å². The Kier molecular flexibility index (Phi) is 4.99. The normalized spacial score (nSPS) is 17.2. The molecule has 2 aliphatic rings. The molecule has 0 saturated carbocycles. The van der Waals surface area contributed by atoms with E-state index in [1.54, 1.807) is 11.3 Å². The molecular formula is C21H20N2O4S2. The summed E-state index contributed by atoms with van der Waals surface area (Å²) in [5.41, 5.74) is 2.47. The van der Waals surface area contributed by atoms with Crippen molar-refractivity contribution < 1.29 is 19.0 Å². The van der Waals surface area contributed by atoms with Crippen molar-refractivity contribution >= 4 is 28.6 Å². The van der Waals surface area contributed by atoms with Crippen molar-refractivity contribution in [2.24, 2.45) is 0 Å². The minimum absolute atomic E-state index is 0.144. The minimum Gasteiger partial charge on any atom is -0.454 e. The smallest absolute Gasteiger partial charge is 0.270 e. The zero-order valence-corrected chi connectivity index (χ0v) is 17.3. The molecule has 1 aromatic carbocycles. The van der Waals surface area contributed by atoms with Gasteiger partial charge in [-0.2, -0.15) is 11.3 Å². The lowest BCUT2D eigenvalue weighted by atomic mass is 9.74. The Hall–Kier alpha value is -2.42. The third kappa shape index (κ3) is 3.63. The van der Waals surface area contributed by atoms with E-state index in [-0.39, 0.29) is 18.1 Å².